The van der Waals surface area contributed by atoms with Crippen LogP contribution in [0.1, 0.15) is 74.6 Å². The highest BCUT2D eigenvalue weighted by Gasteiger charge is 2.48. The van der Waals surface area contributed by atoms with Gasteiger partial charge in [-0.3, -0.25) is 23.7 Å². The van der Waals surface area contributed by atoms with Crippen LogP contribution in [0.4, 0.5) is 5.69 Å². The van der Waals surface area contributed by atoms with Crippen LogP contribution in [0.3, 0.4) is 0 Å². The van der Waals surface area contributed by atoms with Crippen molar-refractivity contribution in [1.82, 2.24) is 35.1 Å². The van der Waals surface area contributed by atoms with E-state index in [0.717, 1.165) is 25.7 Å². The molecule has 0 saturated heterocycles. The Morgan fingerprint density at radius 1 is 1.06 bits per heavy atom. The lowest BCUT2D eigenvalue weighted by molar-refractivity contribution is -0.119. The number of amides is 2. The van der Waals surface area contributed by atoms with Gasteiger partial charge in [-0.05, 0) is 76.3 Å². The molecule has 0 aliphatic heterocycles. The van der Waals surface area contributed by atoms with Gasteiger partial charge < -0.3 is 10.6 Å². The van der Waals surface area contributed by atoms with Gasteiger partial charge in [-0.2, -0.15) is 15.3 Å². The molecule has 3 N–H and O–H groups in total. The van der Waals surface area contributed by atoms with Gasteiger partial charge in [0.15, 0.2) is 0 Å². The summed E-state index contributed by atoms with van der Waals surface area (Å²) in [5.74, 6) is 0.453. The number of carbonyl (C=O) groups excluding carboxylic acids is 2. The van der Waals surface area contributed by atoms with Gasteiger partial charge in [0.2, 0.25) is 5.91 Å². The van der Waals surface area contributed by atoms with E-state index in [9.17, 15) is 14.4 Å². The zero-order chi connectivity index (χ0) is 25.4. The maximum absolute atomic E-state index is 13.6. The maximum atomic E-state index is 13.6. The fourth-order valence-corrected chi connectivity index (χ4v) is 5.01. The molecule has 2 saturated carbocycles. The van der Waals surface area contributed by atoms with Crippen LogP contribution in [0, 0.1) is 17.8 Å². The van der Waals surface area contributed by atoms with Gasteiger partial charge in [-0.15, -0.1) is 0 Å². The third kappa shape index (κ3) is 4.95. The molecule has 2 amide bonds. The van der Waals surface area contributed by atoms with Crippen LogP contribution in [0.5, 0.6) is 0 Å². The first-order valence-corrected chi connectivity index (χ1v) is 12.6. The molecule has 190 valence electrons. The Kier molecular flexibility index (Phi) is 6.46. The summed E-state index contributed by atoms with van der Waals surface area (Å²) < 4.78 is 3.29. The van der Waals surface area contributed by atoms with Crippen molar-refractivity contribution in [2.75, 3.05) is 5.32 Å². The van der Waals surface area contributed by atoms with Gasteiger partial charge >= 0.3 is 0 Å². The van der Waals surface area contributed by atoms with Crippen molar-refractivity contribution in [3.05, 3.63) is 58.5 Å². The van der Waals surface area contributed by atoms with Crippen LogP contribution < -0.4 is 16.2 Å². The Balaban J connectivity index is 1.35. The predicted octanol–water partition coefficient (Wildman–Crippen LogP) is 2.53. The van der Waals surface area contributed by atoms with E-state index in [2.05, 4.69) is 31.0 Å². The van der Waals surface area contributed by atoms with E-state index >= 15 is 0 Å². The van der Waals surface area contributed by atoms with Crippen LogP contribution in [0.2, 0.25) is 0 Å². The highest BCUT2D eigenvalue weighted by molar-refractivity contribution is 6.00. The van der Waals surface area contributed by atoms with Crippen molar-refractivity contribution in [2.24, 2.45) is 17.8 Å². The summed E-state index contributed by atoms with van der Waals surface area (Å²) in [6.07, 6.45) is 10.7. The van der Waals surface area contributed by atoms with Gasteiger partial charge in [0.05, 0.1) is 17.9 Å². The Labute approximate surface area is 208 Å². The van der Waals surface area contributed by atoms with E-state index in [-0.39, 0.29) is 35.4 Å². The molecule has 36 heavy (non-hydrogen) atoms. The van der Waals surface area contributed by atoms with Gasteiger partial charge in [0.25, 0.3) is 11.5 Å². The molecule has 0 bridgehead atoms. The number of hydrogen-bond acceptors (Lipinski definition) is 6. The molecule has 2 aliphatic rings. The lowest BCUT2D eigenvalue weighted by Crippen LogP contribution is -2.50. The lowest BCUT2D eigenvalue weighted by Gasteiger charge is -2.27. The standard InChI is InChI=1S/C25H32N8O3/c1-14(2)33-20(9-11-27-33)24(35)30-22(21(16-4-5-16)17-6-7-17)25(36)29-18-12-28-32(13-18)15(3)19-8-10-26-31-23(19)34/h8-17,21-22H,4-7H2,1-3H3,(H,29,36)(H,30,35)(H,31,34). The van der Waals surface area contributed by atoms with Crippen LogP contribution >= 0.6 is 0 Å². The smallest absolute Gasteiger partial charge is 0.270 e. The van der Waals surface area contributed by atoms with Crippen LogP contribution in [-0.2, 0) is 4.79 Å². The van der Waals surface area contributed by atoms with Crippen LogP contribution in [0.25, 0.3) is 0 Å². The quantitative estimate of drug-likeness (QED) is 0.397. The summed E-state index contributed by atoms with van der Waals surface area (Å²) in [4.78, 5) is 39.0. The molecule has 3 aromatic rings. The Morgan fingerprint density at radius 2 is 1.78 bits per heavy atom. The number of nitrogens with one attached hydrogen (secondary N) is 3. The predicted molar refractivity (Wildman–Crippen MR) is 132 cm³/mol. The summed E-state index contributed by atoms with van der Waals surface area (Å²) in [5, 5.41) is 20.8. The average molecular weight is 493 g/mol. The highest BCUT2D eigenvalue weighted by atomic mass is 16.2. The minimum atomic E-state index is -0.656. The fraction of sp³-hybridized carbons (Fsp3) is 0.520. The summed E-state index contributed by atoms with van der Waals surface area (Å²) >= 11 is 0. The zero-order valence-electron chi connectivity index (χ0n) is 20.7. The van der Waals surface area contributed by atoms with Gasteiger partial charge in [0.1, 0.15) is 11.7 Å². The number of rotatable bonds is 10. The summed E-state index contributed by atoms with van der Waals surface area (Å²) in [6, 6.07) is 2.35. The number of hydrogen-bond donors (Lipinski definition) is 3. The topological polar surface area (TPSA) is 140 Å². The molecule has 0 spiro atoms. The number of aromatic amines is 1. The van der Waals surface area contributed by atoms with Crippen LogP contribution in [0.15, 0.2) is 41.7 Å². The van der Waals surface area contributed by atoms with Gasteiger partial charge in [0, 0.05) is 30.2 Å². The number of H-pyrrole nitrogens is 1. The number of aromatic nitrogens is 6. The molecular weight excluding hydrogens is 460 g/mol. The highest BCUT2D eigenvalue weighted by Crippen LogP contribution is 2.51. The molecule has 2 aliphatic carbocycles. The SMILES string of the molecule is CC(c1ccn[nH]c1=O)n1cc(NC(=O)C(NC(=O)c2ccnn2C(C)C)C(C2CC2)C2CC2)cn1. The molecule has 11 heteroatoms. The summed E-state index contributed by atoms with van der Waals surface area (Å²) in [7, 11) is 0. The molecule has 0 aromatic carbocycles. The van der Waals surface area contributed by atoms with E-state index in [1.165, 1.54) is 6.20 Å². The first-order chi connectivity index (χ1) is 17.3. The third-order valence-corrected chi connectivity index (χ3v) is 7.15. The second-order valence-corrected chi connectivity index (χ2v) is 10.2. The Hall–Kier alpha value is -3.76. The second-order valence-electron chi connectivity index (χ2n) is 10.2. The van der Waals surface area contributed by atoms with E-state index in [1.54, 1.807) is 40.1 Å². The molecule has 2 unspecified atom stereocenters. The molecule has 5 rings (SSSR count). The molecule has 3 aromatic heterocycles. The summed E-state index contributed by atoms with van der Waals surface area (Å²) in [5.41, 5.74) is 1.18. The molecule has 0 radical (unpaired) electrons. The second kappa shape index (κ2) is 9.71. The lowest BCUT2D eigenvalue weighted by atomic mass is 9.88. The molecule has 2 fully saturated rings. The van der Waals surface area contributed by atoms with E-state index in [0.29, 0.717) is 28.8 Å². The number of carbonyl (C=O) groups is 2. The zero-order valence-corrected chi connectivity index (χ0v) is 20.7. The van der Waals surface area contributed by atoms with Crippen molar-refractivity contribution in [1.29, 1.82) is 0 Å². The maximum Gasteiger partial charge on any atom is 0.270 e. The van der Waals surface area contributed by atoms with Gasteiger partial charge in [-0.1, -0.05) is 0 Å². The van der Waals surface area contributed by atoms with E-state index < -0.39 is 6.04 Å². The van der Waals surface area contributed by atoms with Gasteiger partial charge in [-0.25, -0.2) is 5.10 Å². The van der Waals surface area contributed by atoms with E-state index in [4.69, 9.17) is 0 Å². The summed E-state index contributed by atoms with van der Waals surface area (Å²) in [6.45, 7) is 5.77. The van der Waals surface area contributed by atoms with Crippen molar-refractivity contribution in [2.45, 2.75) is 64.6 Å². The fourth-order valence-electron chi connectivity index (χ4n) is 5.01. The molecule has 3 heterocycles. The van der Waals surface area contributed by atoms with Crippen molar-refractivity contribution in [3.63, 3.8) is 0 Å². The van der Waals surface area contributed by atoms with E-state index in [1.807, 2.05) is 20.8 Å². The number of nitrogens with zero attached hydrogens (tertiary/aromatic N) is 5. The van der Waals surface area contributed by atoms with Crippen molar-refractivity contribution in [3.8, 4) is 0 Å². The Morgan fingerprint density at radius 3 is 2.42 bits per heavy atom. The molecule has 2 atom stereocenters. The normalized spacial score (nSPS) is 17.2. The van der Waals surface area contributed by atoms with Crippen LogP contribution in [-0.4, -0.2) is 47.6 Å². The Bertz CT molecular complexity index is 1290. The first kappa shape index (κ1) is 24.0. The molecule has 11 nitrogen and oxygen atoms in total. The first-order valence-electron chi connectivity index (χ1n) is 12.6. The number of anilines is 1. The largest absolute Gasteiger partial charge is 0.339 e. The average Bonchev–Trinajstić information content (AvgIpc) is 3.77. The van der Waals surface area contributed by atoms with Crippen molar-refractivity contribution >= 4 is 17.5 Å². The third-order valence-electron chi connectivity index (χ3n) is 7.15. The van der Waals surface area contributed by atoms with Crippen molar-refractivity contribution < 1.29 is 9.59 Å². The minimum Gasteiger partial charge on any atom is -0.339 e. The monoisotopic (exact) mass is 492 g/mol. The molecular formula is C25H32N8O3. The minimum absolute atomic E-state index is 0.0242.